The van der Waals surface area contributed by atoms with E-state index in [4.69, 9.17) is 5.73 Å². The molecule has 2 aromatic carbocycles. The number of aromatic nitrogens is 2. The topological polar surface area (TPSA) is 80.9 Å². The highest BCUT2D eigenvalue weighted by molar-refractivity contribution is 5.75. The summed E-state index contributed by atoms with van der Waals surface area (Å²) in [5.74, 6) is -0.0526. The molecule has 1 aliphatic carbocycles. The van der Waals surface area contributed by atoms with E-state index in [0.29, 0.717) is 13.0 Å². The van der Waals surface area contributed by atoms with Crippen molar-refractivity contribution in [2.45, 2.75) is 31.7 Å². The quantitative estimate of drug-likeness (QED) is 0.773. The molecule has 3 N–H and O–H groups in total. The van der Waals surface area contributed by atoms with E-state index in [9.17, 15) is 9.59 Å². The minimum absolute atomic E-state index is 0.106. The van der Waals surface area contributed by atoms with Gasteiger partial charge in [-0.3, -0.25) is 9.36 Å². The number of fused-ring (bicyclic) bond motifs is 2. The maximum Gasteiger partial charge on any atom is 0.326 e. The van der Waals surface area contributed by atoms with Gasteiger partial charge in [-0.25, -0.2) is 4.79 Å². The molecule has 5 heteroatoms. The lowest BCUT2D eigenvalue weighted by Crippen LogP contribution is -2.17. The van der Waals surface area contributed by atoms with Gasteiger partial charge in [0.15, 0.2) is 0 Å². The molecule has 0 spiro atoms. The second-order valence-electron chi connectivity index (χ2n) is 6.47. The van der Waals surface area contributed by atoms with Crippen molar-refractivity contribution in [3.05, 3.63) is 69.6 Å². The van der Waals surface area contributed by atoms with E-state index in [1.807, 2.05) is 24.3 Å². The molecular formula is C19H19N3O2. The van der Waals surface area contributed by atoms with Crippen LogP contribution in [0, 0.1) is 0 Å². The van der Waals surface area contributed by atoms with Crippen molar-refractivity contribution in [2.75, 3.05) is 0 Å². The number of para-hydroxylation sites is 2. The molecular weight excluding hydrogens is 302 g/mol. The molecule has 24 heavy (non-hydrogen) atoms. The van der Waals surface area contributed by atoms with E-state index in [-0.39, 0.29) is 17.5 Å². The fraction of sp³-hybridized carbons (Fsp3) is 0.263. The minimum Gasteiger partial charge on any atom is -0.370 e. The highest BCUT2D eigenvalue weighted by Crippen LogP contribution is 2.36. The average molecular weight is 321 g/mol. The molecule has 1 aliphatic rings. The Labute approximate surface area is 139 Å². The van der Waals surface area contributed by atoms with Crippen molar-refractivity contribution in [3.8, 4) is 0 Å². The van der Waals surface area contributed by atoms with Gasteiger partial charge in [-0.2, -0.15) is 0 Å². The number of benzene rings is 2. The lowest BCUT2D eigenvalue weighted by molar-refractivity contribution is -0.118. The van der Waals surface area contributed by atoms with Crippen LogP contribution < -0.4 is 11.4 Å². The lowest BCUT2D eigenvalue weighted by atomic mass is 9.96. The van der Waals surface area contributed by atoms with Crippen molar-refractivity contribution in [3.63, 3.8) is 0 Å². The Balaban J connectivity index is 1.69. The van der Waals surface area contributed by atoms with E-state index in [1.165, 1.54) is 11.1 Å². The monoisotopic (exact) mass is 321 g/mol. The van der Waals surface area contributed by atoms with E-state index < -0.39 is 0 Å². The van der Waals surface area contributed by atoms with Gasteiger partial charge in [0.2, 0.25) is 5.91 Å². The molecule has 1 amide bonds. The number of primary amides is 1. The first-order valence-electron chi connectivity index (χ1n) is 8.19. The van der Waals surface area contributed by atoms with Crippen LogP contribution in [0.3, 0.4) is 0 Å². The number of aromatic amines is 1. The van der Waals surface area contributed by atoms with Crippen LogP contribution in [-0.2, 0) is 17.8 Å². The number of nitrogens with two attached hydrogens (primary N) is 1. The number of H-pyrrole nitrogens is 1. The standard InChI is InChI=1S/C19H19N3O2/c20-18(23)10-14-8-7-13-6-5-12(9-15(13)14)11-22-17-4-2-1-3-16(17)21-19(22)24/h1-6,9,14H,7-8,10-11H2,(H2,20,23)(H,21,24). The zero-order chi connectivity index (χ0) is 16.7. The van der Waals surface area contributed by atoms with Crippen LogP contribution in [0.5, 0.6) is 0 Å². The molecule has 4 rings (SSSR count). The van der Waals surface area contributed by atoms with Crippen molar-refractivity contribution in [2.24, 2.45) is 5.73 Å². The summed E-state index contributed by atoms with van der Waals surface area (Å²) in [6, 6.07) is 14.0. The summed E-state index contributed by atoms with van der Waals surface area (Å²) in [6.07, 6.45) is 2.35. The van der Waals surface area contributed by atoms with Crippen LogP contribution in [0.1, 0.15) is 35.4 Å². The van der Waals surface area contributed by atoms with E-state index >= 15 is 0 Å². The third-order valence-electron chi connectivity index (χ3n) is 4.88. The van der Waals surface area contributed by atoms with Gasteiger partial charge in [-0.05, 0) is 47.6 Å². The van der Waals surface area contributed by atoms with Crippen molar-refractivity contribution < 1.29 is 4.79 Å². The van der Waals surface area contributed by atoms with Gasteiger partial charge < -0.3 is 10.7 Å². The third-order valence-corrected chi connectivity index (χ3v) is 4.88. The van der Waals surface area contributed by atoms with E-state index in [2.05, 4.69) is 23.2 Å². The molecule has 1 atom stereocenters. The first-order valence-corrected chi connectivity index (χ1v) is 8.19. The lowest BCUT2D eigenvalue weighted by Gasteiger charge is -2.11. The predicted molar refractivity (Wildman–Crippen MR) is 93.0 cm³/mol. The van der Waals surface area contributed by atoms with Crippen LogP contribution in [0.25, 0.3) is 11.0 Å². The van der Waals surface area contributed by atoms with Gasteiger partial charge in [-0.15, -0.1) is 0 Å². The fourth-order valence-corrected chi connectivity index (χ4v) is 3.74. The number of imidazole rings is 1. The predicted octanol–water partition coefficient (Wildman–Crippen LogP) is 2.28. The third kappa shape index (κ3) is 2.52. The SMILES string of the molecule is NC(=O)CC1CCc2ccc(Cn3c(=O)[nH]c4ccccc43)cc21. The average Bonchev–Trinajstić information content (AvgIpc) is 3.09. The van der Waals surface area contributed by atoms with Gasteiger partial charge >= 0.3 is 5.69 Å². The molecule has 0 saturated heterocycles. The maximum atomic E-state index is 12.2. The number of aryl methyl sites for hydroxylation is 1. The fourth-order valence-electron chi connectivity index (χ4n) is 3.74. The zero-order valence-corrected chi connectivity index (χ0v) is 13.3. The first kappa shape index (κ1) is 14.8. The molecule has 1 aromatic heterocycles. The number of amides is 1. The highest BCUT2D eigenvalue weighted by Gasteiger charge is 2.24. The Kier molecular flexibility index (Phi) is 3.49. The summed E-state index contributed by atoms with van der Waals surface area (Å²) in [4.78, 5) is 26.4. The summed E-state index contributed by atoms with van der Waals surface area (Å²) in [7, 11) is 0. The van der Waals surface area contributed by atoms with E-state index in [0.717, 1.165) is 29.4 Å². The Morgan fingerprint density at radius 2 is 2.08 bits per heavy atom. The van der Waals surface area contributed by atoms with Crippen LogP contribution in [0.2, 0.25) is 0 Å². The van der Waals surface area contributed by atoms with Gasteiger partial charge in [0.25, 0.3) is 0 Å². The second kappa shape index (κ2) is 5.67. The Morgan fingerprint density at radius 1 is 1.25 bits per heavy atom. The van der Waals surface area contributed by atoms with Gasteiger partial charge in [-0.1, -0.05) is 30.3 Å². The Hall–Kier alpha value is -2.82. The number of nitrogens with one attached hydrogen (secondary N) is 1. The molecule has 0 fully saturated rings. The number of nitrogens with zero attached hydrogens (tertiary/aromatic N) is 1. The number of rotatable bonds is 4. The number of hydrogen-bond acceptors (Lipinski definition) is 2. The molecule has 0 bridgehead atoms. The molecule has 0 radical (unpaired) electrons. The number of carbonyl (C=O) groups excluding carboxylic acids is 1. The largest absolute Gasteiger partial charge is 0.370 e. The summed E-state index contributed by atoms with van der Waals surface area (Å²) >= 11 is 0. The summed E-state index contributed by atoms with van der Waals surface area (Å²) in [5.41, 5.74) is 10.6. The summed E-state index contributed by atoms with van der Waals surface area (Å²) < 4.78 is 1.75. The van der Waals surface area contributed by atoms with Crippen molar-refractivity contribution in [1.82, 2.24) is 9.55 Å². The summed E-state index contributed by atoms with van der Waals surface area (Å²) in [6.45, 7) is 0.513. The molecule has 3 aromatic rings. The maximum absolute atomic E-state index is 12.2. The van der Waals surface area contributed by atoms with Crippen molar-refractivity contribution >= 4 is 16.9 Å². The Bertz CT molecular complexity index is 984. The first-order chi connectivity index (χ1) is 11.6. The van der Waals surface area contributed by atoms with Crippen LogP contribution in [0.15, 0.2) is 47.3 Å². The molecule has 1 heterocycles. The normalized spacial score (nSPS) is 16.4. The zero-order valence-electron chi connectivity index (χ0n) is 13.3. The van der Waals surface area contributed by atoms with E-state index in [1.54, 1.807) is 4.57 Å². The molecule has 0 aliphatic heterocycles. The minimum atomic E-state index is -0.258. The van der Waals surface area contributed by atoms with Gasteiger partial charge in [0.05, 0.1) is 17.6 Å². The van der Waals surface area contributed by atoms with Crippen LogP contribution >= 0.6 is 0 Å². The number of hydrogen-bond donors (Lipinski definition) is 2. The summed E-state index contributed by atoms with van der Waals surface area (Å²) in [5, 5.41) is 0. The molecule has 1 unspecified atom stereocenters. The molecule has 0 saturated carbocycles. The Morgan fingerprint density at radius 3 is 2.92 bits per heavy atom. The van der Waals surface area contributed by atoms with Crippen LogP contribution in [0.4, 0.5) is 0 Å². The number of carbonyl (C=O) groups is 1. The second-order valence-corrected chi connectivity index (χ2v) is 6.47. The van der Waals surface area contributed by atoms with Gasteiger partial charge in [0.1, 0.15) is 0 Å². The smallest absolute Gasteiger partial charge is 0.326 e. The van der Waals surface area contributed by atoms with Crippen molar-refractivity contribution in [1.29, 1.82) is 0 Å². The van der Waals surface area contributed by atoms with Gasteiger partial charge in [0, 0.05) is 6.42 Å². The highest BCUT2D eigenvalue weighted by atomic mass is 16.1. The molecule has 122 valence electrons. The van der Waals surface area contributed by atoms with Crippen LogP contribution in [-0.4, -0.2) is 15.5 Å². The molecule has 5 nitrogen and oxygen atoms in total.